The summed E-state index contributed by atoms with van der Waals surface area (Å²) in [6, 6.07) is 4.80. The molecule has 1 aromatic heterocycles. The first kappa shape index (κ1) is 15.4. The van der Waals surface area contributed by atoms with E-state index in [9.17, 15) is 18.0 Å². The molecule has 1 aromatic carbocycles. The Bertz CT molecular complexity index is 658. The molecule has 0 fully saturated rings. The molecule has 1 N–H and O–H groups in total. The molecule has 0 saturated carbocycles. The molecule has 3 nitrogen and oxygen atoms in total. The van der Waals surface area contributed by atoms with E-state index in [0.29, 0.717) is 6.07 Å². The highest BCUT2D eigenvalue weighted by molar-refractivity contribution is 7.12. The highest BCUT2D eigenvalue weighted by Gasteiger charge is 2.10. The lowest BCUT2D eigenvalue weighted by atomic mass is 10.2. The zero-order valence-corrected chi connectivity index (χ0v) is 11.9. The van der Waals surface area contributed by atoms with Crippen molar-refractivity contribution in [2.45, 2.75) is 13.0 Å². The van der Waals surface area contributed by atoms with Crippen LogP contribution in [0.3, 0.4) is 0 Å². The van der Waals surface area contributed by atoms with Gasteiger partial charge in [-0.1, -0.05) is 0 Å². The molecule has 0 unspecified atom stereocenters. The summed E-state index contributed by atoms with van der Waals surface area (Å²) in [5, 5.41) is 2.69. The molecule has 7 heteroatoms. The number of nitrogens with one attached hydrogen (secondary N) is 1. The third-order valence-corrected chi connectivity index (χ3v) is 3.81. The van der Waals surface area contributed by atoms with Crippen molar-refractivity contribution in [3.05, 3.63) is 51.5 Å². The lowest BCUT2D eigenvalue weighted by Crippen LogP contribution is -2.03. The number of methoxy groups -OCH3 is 1. The molecule has 0 radical (unpaired) electrons. The van der Waals surface area contributed by atoms with Crippen LogP contribution < -0.4 is 5.32 Å². The summed E-state index contributed by atoms with van der Waals surface area (Å²) in [5.74, 6) is -3.55. The van der Waals surface area contributed by atoms with Crippen LogP contribution in [0.25, 0.3) is 0 Å². The molecule has 0 aliphatic carbocycles. The van der Waals surface area contributed by atoms with Gasteiger partial charge in [0, 0.05) is 28.4 Å². The van der Waals surface area contributed by atoms with Crippen LogP contribution in [0.4, 0.5) is 18.9 Å². The Morgan fingerprint density at radius 1 is 1.14 bits per heavy atom. The molecule has 1 heterocycles. The predicted molar refractivity (Wildman–Crippen MR) is 73.7 cm³/mol. The summed E-state index contributed by atoms with van der Waals surface area (Å²) >= 11 is 1.36. The second-order valence-electron chi connectivity index (χ2n) is 4.22. The molecule has 0 aliphatic heterocycles. The Morgan fingerprint density at radius 3 is 2.52 bits per heavy atom. The van der Waals surface area contributed by atoms with Crippen LogP contribution in [0.1, 0.15) is 9.75 Å². The lowest BCUT2D eigenvalue weighted by Gasteiger charge is -2.06. The Morgan fingerprint density at radius 2 is 1.81 bits per heavy atom. The van der Waals surface area contributed by atoms with Crippen LogP contribution in [-0.4, -0.2) is 13.1 Å². The van der Waals surface area contributed by atoms with Crippen LogP contribution >= 0.6 is 11.3 Å². The van der Waals surface area contributed by atoms with Crippen molar-refractivity contribution in [2.75, 3.05) is 12.4 Å². The van der Waals surface area contributed by atoms with E-state index in [-0.39, 0.29) is 24.6 Å². The van der Waals surface area contributed by atoms with Gasteiger partial charge in [-0.05, 0) is 12.1 Å². The second kappa shape index (κ2) is 6.62. The summed E-state index contributed by atoms with van der Waals surface area (Å²) in [7, 11) is 1.31. The monoisotopic (exact) mass is 315 g/mol. The summed E-state index contributed by atoms with van der Waals surface area (Å²) in [4.78, 5) is 12.8. The van der Waals surface area contributed by atoms with Gasteiger partial charge in [0.05, 0.1) is 19.2 Å². The molecule has 2 rings (SSSR count). The molecule has 0 bridgehead atoms. The Balaban J connectivity index is 2.00. The third-order valence-electron chi connectivity index (χ3n) is 2.73. The quantitative estimate of drug-likeness (QED) is 0.678. The summed E-state index contributed by atoms with van der Waals surface area (Å²) < 4.78 is 43.8. The number of carbonyl (C=O) groups excluding carboxylic acids is 1. The topological polar surface area (TPSA) is 38.3 Å². The fraction of sp³-hybridized carbons (Fsp3) is 0.214. The molecule has 21 heavy (non-hydrogen) atoms. The number of hydrogen-bond acceptors (Lipinski definition) is 4. The van der Waals surface area contributed by atoms with E-state index in [4.69, 9.17) is 0 Å². The van der Waals surface area contributed by atoms with Gasteiger partial charge in [-0.3, -0.25) is 4.79 Å². The van der Waals surface area contributed by atoms with E-state index >= 15 is 0 Å². The van der Waals surface area contributed by atoms with E-state index in [1.807, 2.05) is 0 Å². The molecular weight excluding hydrogens is 303 g/mol. The van der Waals surface area contributed by atoms with Crippen LogP contribution in [0.15, 0.2) is 24.3 Å². The number of thiophene rings is 1. The van der Waals surface area contributed by atoms with Gasteiger partial charge in [0.25, 0.3) is 0 Å². The maximum absolute atomic E-state index is 13.4. The van der Waals surface area contributed by atoms with Gasteiger partial charge in [0.15, 0.2) is 11.6 Å². The number of benzene rings is 1. The Kier molecular flexibility index (Phi) is 4.85. The first-order chi connectivity index (χ1) is 9.99. The van der Waals surface area contributed by atoms with Gasteiger partial charge < -0.3 is 10.1 Å². The number of anilines is 1. The van der Waals surface area contributed by atoms with Crippen molar-refractivity contribution in [1.29, 1.82) is 0 Å². The zero-order chi connectivity index (χ0) is 15.4. The average molecular weight is 315 g/mol. The molecule has 0 aliphatic rings. The maximum atomic E-state index is 13.4. The fourth-order valence-electron chi connectivity index (χ4n) is 1.67. The average Bonchev–Trinajstić information content (AvgIpc) is 2.88. The van der Waals surface area contributed by atoms with Gasteiger partial charge in [0.1, 0.15) is 5.82 Å². The highest BCUT2D eigenvalue weighted by Crippen LogP contribution is 2.22. The number of rotatable bonds is 5. The number of esters is 1. The van der Waals surface area contributed by atoms with Gasteiger partial charge in [-0.25, -0.2) is 13.2 Å². The first-order valence-electron chi connectivity index (χ1n) is 6.02. The number of halogens is 3. The van der Waals surface area contributed by atoms with E-state index in [0.717, 1.165) is 15.8 Å². The van der Waals surface area contributed by atoms with Crippen LogP contribution in [0, 0.1) is 17.5 Å². The molecule has 0 amide bonds. The molecule has 0 spiro atoms. The van der Waals surface area contributed by atoms with Crippen molar-refractivity contribution in [3.63, 3.8) is 0 Å². The number of carbonyl (C=O) groups is 1. The predicted octanol–water partition coefficient (Wildman–Crippen LogP) is 3.49. The molecule has 0 atom stereocenters. The maximum Gasteiger partial charge on any atom is 0.310 e. The third kappa shape index (κ3) is 3.98. The van der Waals surface area contributed by atoms with Gasteiger partial charge >= 0.3 is 5.97 Å². The SMILES string of the molecule is COC(=O)Cc1ccc(CNc2cc(F)c(F)cc2F)s1. The molecular formula is C14H12F3NO2S. The Labute approximate surface area is 123 Å². The van der Waals surface area contributed by atoms with Crippen molar-refractivity contribution < 1.29 is 22.7 Å². The second-order valence-corrected chi connectivity index (χ2v) is 5.47. The Hall–Kier alpha value is -2.02. The van der Waals surface area contributed by atoms with Crippen molar-refractivity contribution in [3.8, 4) is 0 Å². The van der Waals surface area contributed by atoms with Gasteiger partial charge in [0.2, 0.25) is 0 Å². The molecule has 2 aromatic rings. The van der Waals surface area contributed by atoms with Crippen LogP contribution in [0.5, 0.6) is 0 Å². The largest absolute Gasteiger partial charge is 0.469 e. The van der Waals surface area contributed by atoms with E-state index in [1.54, 1.807) is 12.1 Å². The minimum Gasteiger partial charge on any atom is -0.469 e. The van der Waals surface area contributed by atoms with E-state index < -0.39 is 17.5 Å². The summed E-state index contributed by atoms with van der Waals surface area (Å²) in [6.07, 6.45) is 0.167. The van der Waals surface area contributed by atoms with Crippen LogP contribution in [0.2, 0.25) is 0 Å². The zero-order valence-electron chi connectivity index (χ0n) is 11.1. The minimum atomic E-state index is -1.23. The summed E-state index contributed by atoms with van der Waals surface area (Å²) in [5.41, 5.74) is -0.114. The van der Waals surface area contributed by atoms with Gasteiger partial charge in [-0.2, -0.15) is 0 Å². The van der Waals surface area contributed by atoms with Crippen molar-refractivity contribution in [1.82, 2.24) is 0 Å². The van der Waals surface area contributed by atoms with Crippen molar-refractivity contribution >= 4 is 23.0 Å². The van der Waals surface area contributed by atoms with Crippen LogP contribution in [-0.2, 0) is 22.5 Å². The normalized spacial score (nSPS) is 10.5. The van der Waals surface area contributed by atoms with E-state index in [1.165, 1.54) is 18.4 Å². The highest BCUT2D eigenvalue weighted by atomic mass is 32.1. The first-order valence-corrected chi connectivity index (χ1v) is 6.84. The number of hydrogen-bond donors (Lipinski definition) is 1. The van der Waals surface area contributed by atoms with Gasteiger partial charge in [-0.15, -0.1) is 11.3 Å². The molecule has 112 valence electrons. The molecule has 0 saturated heterocycles. The smallest absolute Gasteiger partial charge is 0.310 e. The minimum absolute atomic E-state index is 0.114. The van der Waals surface area contributed by atoms with Crippen molar-refractivity contribution in [2.24, 2.45) is 0 Å². The summed E-state index contributed by atoms with van der Waals surface area (Å²) in [6.45, 7) is 0.244. The number of ether oxygens (including phenoxy) is 1. The fourth-order valence-corrected chi connectivity index (χ4v) is 2.61. The lowest BCUT2D eigenvalue weighted by molar-refractivity contribution is -0.139. The standard InChI is InChI=1S/C14H12F3NO2S/c1-20-14(19)4-8-2-3-9(21-8)7-18-13-6-11(16)10(15)5-12(13)17/h2-3,5-6,18H,4,7H2,1H3. The van der Waals surface area contributed by atoms with E-state index in [2.05, 4.69) is 10.1 Å².